The third kappa shape index (κ3) is 13.6. The number of unbranched alkanes of at least 4 members (excludes halogenated alkanes) is 1. The first-order chi connectivity index (χ1) is 6.83. The number of halogens is 4. The standard InChI is InChI=1S/C8H15N2.4BrH.Fe/c1-3-4-5-10-7-6-9(2)8-10;;;;;/h6-8H,3-5H2,1-2H3;4*1H;/q+1;;;;;+3/p-4. The second-order valence-corrected chi connectivity index (χ2v) is 36.4. The van der Waals surface area contributed by atoms with E-state index in [9.17, 15) is 0 Å². The Morgan fingerprint density at radius 3 is 2.13 bits per heavy atom. The van der Waals surface area contributed by atoms with E-state index in [-0.39, 0.29) is 0 Å². The predicted octanol–water partition coefficient (Wildman–Crippen LogP) is 4.49. The van der Waals surface area contributed by atoms with Crippen LogP contribution in [0.3, 0.4) is 0 Å². The molecule has 15 heavy (non-hydrogen) atoms. The number of hydrogen-bond acceptors (Lipinski definition) is 0. The molecule has 1 aromatic rings. The van der Waals surface area contributed by atoms with E-state index >= 15 is 0 Å². The van der Waals surface area contributed by atoms with Crippen molar-refractivity contribution in [3.8, 4) is 0 Å². The Hall–Kier alpha value is 1.65. The summed E-state index contributed by atoms with van der Waals surface area (Å²) in [5.74, 6) is 0. The number of aryl methyl sites for hydroxylation is 2. The molecule has 0 aliphatic heterocycles. The van der Waals surface area contributed by atoms with E-state index in [0.29, 0.717) is 0 Å². The quantitative estimate of drug-likeness (QED) is 0.415. The molecule has 0 unspecified atom stereocenters. The molecule has 0 N–H and O–H groups in total. The average Bonchev–Trinajstić information content (AvgIpc) is 2.45. The van der Waals surface area contributed by atoms with Crippen LogP contribution in [0, 0.1) is 0 Å². The zero-order valence-corrected chi connectivity index (χ0v) is 16.1. The summed E-state index contributed by atoms with van der Waals surface area (Å²) in [5.41, 5.74) is -1.25. The molecule has 0 amide bonds. The number of hydrogen-bond donors (Lipinski definition) is 0. The monoisotopic (exact) mass is 511 g/mol. The van der Waals surface area contributed by atoms with Crippen molar-refractivity contribution in [3.63, 3.8) is 0 Å². The van der Waals surface area contributed by atoms with Crippen LogP contribution in [0.2, 0.25) is 0 Å². The van der Waals surface area contributed by atoms with Gasteiger partial charge in [-0.2, -0.15) is 0 Å². The molecule has 0 aliphatic rings. The molecule has 0 aromatic carbocycles. The minimum absolute atomic E-state index is 1.15. The van der Waals surface area contributed by atoms with Crippen LogP contribution in [0.15, 0.2) is 18.7 Å². The van der Waals surface area contributed by atoms with Crippen molar-refractivity contribution in [2.24, 2.45) is 7.05 Å². The first-order valence-electron chi connectivity index (χ1n) is 4.37. The molecule has 1 rings (SSSR count). The molecule has 1 aromatic heterocycles. The van der Waals surface area contributed by atoms with Gasteiger partial charge in [0, 0.05) is 0 Å². The van der Waals surface area contributed by atoms with E-state index in [2.05, 4.69) is 91.2 Å². The molecule has 0 radical (unpaired) electrons. The fourth-order valence-electron chi connectivity index (χ4n) is 0.975. The summed E-state index contributed by atoms with van der Waals surface area (Å²) in [4.78, 5) is 0. The molecule has 0 aliphatic carbocycles. The van der Waals surface area contributed by atoms with Crippen LogP contribution in [-0.4, -0.2) is 4.57 Å². The summed E-state index contributed by atoms with van der Waals surface area (Å²) in [6, 6.07) is 0. The van der Waals surface area contributed by atoms with Crippen molar-refractivity contribution in [3.05, 3.63) is 18.7 Å². The summed E-state index contributed by atoms with van der Waals surface area (Å²) in [5, 5.41) is 0. The minimum atomic E-state index is -1.25. The number of rotatable bonds is 3. The van der Waals surface area contributed by atoms with E-state index in [0.717, 1.165) is 6.54 Å². The van der Waals surface area contributed by atoms with E-state index < -0.39 is 5.61 Å². The molecule has 0 bridgehead atoms. The van der Waals surface area contributed by atoms with Gasteiger partial charge in [-0.15, -0.1) is 0 Å². The van der Waals surface area contributed by atoms with Gasteiger partial charge >= 0.3 is 62.1 Å². The summed E-state index contributed by atoms with van der Waals surface area (Å²) >= 11 is 13.0. The van der Waals surface area contributed by atoms with E-state index in [1.54, 1.807) is 0 Å². The Bertz CT molecular complexity index is 266. The third-order valence-corrected chi connectivity index (χ3v) is 1.59. The van der Waals surface area contributed by atoms with Gasteiger partial charge in [0.15, 0.2) is 0 Å². The number of imidazole rings is 1. The molecule has 0 saturated carbocycles. The van der Waals surface area contributed by atoms with Gasteiger partial charge < -0.3 is 0 Å². The normalized spacial score (nSPS) is 11.9. The summed E-state index contributed by atoms with van der Waals surface area (Å²) < 4.78 is 4.28. The molecule has 0 saturated heterocycles. The summed E-state index contributed by atoms with van der Waals surface area (Å²) in [6.07, 6.45) is 8.82. The SMILES string of the molecule is CCCCn1cc[n+](C)c1.[Br][Fe-]([Br])([Br])[Br]. The Kier molecular flexibility index (Phi) is 9.65. The van der Waals surface area contributed by atoms with Gasteiger partial charge in [-0.3, -0.25) is 0 Å². The van der Waals surface area contributed by atoms with Crippen molar-refractivity contribution in [1.29, 1.82) is 0 Å². The van der Waals surface area contributed by atoms with Gasteiger partial charge in [-0.25, -0.2) is 9.13 Å². The zero-order chi connectivity index (χ0) is 11.9. The molecule has 93 valence electrons. The Morgan fingerprint density at radius 1 is 1.27 bits per heavy atom. The molecule has 2 nitrogen and oxygen atoms in total. The fourth-order valence-corrected chi connectivity index (χ4v) is 0.975. The van der Waals surface area contributed by atoms with E-state index in [4.69, 9.17) is 0 Å². The molecule has 0 fully saturated rings. The fraction of sp³-hybridized carbons (Fsp3) is 0.625. The average molecular weight is 515 g/mol. The number of nitrogens with zero attached hydrogens (tertiary/aromatic N) is 2. The maximum absolute atomic E-state index is 3.25. The van der Waals surface area contributed by atoms with Crippen molar-refractivity contribution in [2.75, 3.05) is 0 Å². The topological polar surface area (TPSA) is 8.81 Å². The van der Waals surface area contributed by atoms with Crippen LogP contribution >= 0.6 is 56.4 Å². The Morgan fingerprint density at radius 2 is 1.80 bits per heavy atom. The van der Waals surface area contributed by atoms with Crippen molar-refractivity contribution < 1.29 is 10.2 Å². The van der Waals surface area contributed by atoms with Gasteiger partial charge in [-0.05, 0) is 6.42 Å². The summed E-state index contributed by atoms with van der Waals surface area (Å²) in [7, 11) is 2.04. The van der Waals surface area contributed by atoms with Gasteiger partial charge in [0.1, 0.15) is 12.4 Å². The Balaban J connectivity index is 0.000000336. The first kappa shape index (κ1) is 16.6. The van der Waals surface area contributed by atoms with Crippen LogP contribution in [-0.2, 0) is 19.2 Å². The number of aromatic nitrogens is 2. The van der Waals surface area contributed by atoms with E-state index in [1.165, 1.54) is 12.8 Å². The second-order valence-electron chi connectivity index (χ2n) is 2.97. The predicted molar refractivity (Wildman–Crippen MR) is 76.2 cm³/mol. The molecular formula is C8H15Br4FeN2. The van der Waals surface area contributed by atoms with Crippen molar-refractivity contribution >= 4 is 56.4 Å². The van der Waals surface area contributed by atoms with Gasteiger partial charge in [0.2, 0.25) is 6.33 Å². The second kappa shape index (κ2) is 8.70. The summed E-state index contributed by atoms with van der Waals surface area (Å²) in [6.45, 7) is 3.36. The van der Waals surface area contributed by atoms with Crippen molar-refractivity contribution in [1.82, 2.24) is 4.57 Å². The molecule has 0 spiro atoms. The molecular weight excluding hydrogens is 500 g/mol. The van der Waals surface area contributed by atoms with Gasteiger partial charge in [0.25, 0.3) is 0 Å². The van der Waals surface area contributed by atoms with Crippen LogP contribution in [0.1, 0.15) is 19.8 Å². The van der Waals surface area contributed by atoms with Crippen LogP contribution in [0.4, 0.5) is 0 Å². The Labute approximate surface area is 122 Å². The third-order valence-electron chi connectivity index (χ3n) is 1.59. The molecule has 7 heteroatoms. The van der Waals surface area contributed by atoms with Gasteiger partial charge in [-0.1, -0.05) is 13.3 Å². The van der Waals surface area contributed by atoms with Crippen molar-refractivity contribution in [2.45, 2.75) is 26.3 Å². The van der Waals surface area contributed by atoms with E-state index in [1.807, 2.05) is 7.05 Å². The zero-order valence-electron chi connectivity index (χ0n) is 8.61. The van der Waals surface area contributed by atoms with Gasteiger partial charge in [0.05, 0.1) is 13.6 Å². The molecule has 0 atom stereocenters. The van der Waals surface area contributed by atoms with Crippen LogP contribution in [0.5, 0.6) is 0 Å². The molecule has 1 heterocycles. The first-order valence-corrected chi connectivity index (χ1v) is 15.3. The maximum atomic E-state index is 3.25. The van der Waals surface area contributed by atoms with Crippen LogP contribution < -0.4 is 4.57 Å². The van der Waals surface area contributed by atoms with Crippen LogP contribution in [0.25, 0.3) is 0 Å².